The van der Waals surface area contributed by atoms with Crippen molar-refractivity contribution >= 4 is 0 Å². The maximum Gasteiger partial charge on any atom is 0.00965 e. The van der Waals surface area contributed by atoms with Crippen LogP contribution in [-0.2, 0) is 0 Å². The first-order chi connectivity index (χ1) is 3.56. The Bertz CT molecular complexity index is 51.9. The zero-order chi connectivity index (χ0) is 6.62. The molecule has 0 heterocycles. The van der Waals surface area contributed by atoms with Crippen LogP contribution in [0.4, 0.5) is 0 Å². The molecule has 0 rings (SSSR count). The maximum atomic E-state index is 3.73. The summed E-state index contributed by atoms with van der Waals surface area (Å²) in [6, 6.07) is 0. The number of hydrogen-bond acceptors (Lipinski definition) is 1. The van der Waals surface area contributed by atoms with Crippen molar-refractivity contribution in [2.24, 2.45) is 0 Å². The van der Waals surface area contributed by atoms with Crippen molar-refractivity contribution in [2.45, 2.75) is 32.7 Å². The smallest absolute Gasteiger partial charge is 0.00965 e. The maximum absolute atomic E-state index is 3.73. The molecule has 0 bridgehead atoms. The molecule has 0 aliphatic rings. The van der Waals surface area contributed by atoms with E-state index in [1.54, 1.807) is 0 Å². The van der Waals surface area contributed by atoms with Gasteiger partial charge in [0.15, 0.2) is 0 Å². The average Bonchev–Trinajstić information content (AvgIpc) is 1.59. The van der Waals surface area contributed by atoms with E-state index >= 15 is 0 Å². The van der Waals surface area contributed by atoms with E-state index in [0.717, 1.165) is 13.0 Å². The van der Waals surface area contributed by atoms with Gasteiger partial charge in [-0.05, 0) is 33.7 Å². The Balaban J connectivity index is 3.11. The lowest BCUT2D eigenvalue weighted by molar-refractivity contribution is 0.431. The van der Waals surface area contributed by atoms with Crippen LogP contribution in [0.1, 0.15) is 27.2 Å². The highest BCUT2D eigenvalue weighted by Crippen LogP contribution is 1.96. The summed E-state index contributed by atoms with van der Waals surface area (Å²) in [7, 11) is 0. The van der Waals surface area contributed by atoms with Crippen LogP contribution in [0.15, 0.2) is 0 Å². The fraction of sp³-hybridized carbons (Fsp3) is 0.857. The van der Waals surface area contributed by atoms with E-state index in [0.29, 0.717) is 0 Å². The van der Waals surface area contributed by atoms with Gasteiger partial charge in [0.25, 0.3) is 0 Å². The van der Waals surface area contributed by atoms with Crippen molar-refractivity contribution in [1.82, 2.24) is 5.32 Å². The van der Waals surface area contributed by atoms with Crippen molar-refractivity contribution < 1.29 is 0 Å². The lowest BCUT2D eigenvalue weighted by atomic mass is 10.1. The van der Waals surface area contributed by atoms with Crippen LogP contribution >= 0.6 is 0 Å². The predicted molar refractivity (Wildman–Crippen MR) is 37.7 cm³/mol. The van der Waals surface area contributed by atoms with Crippen LogP contribution in [0.25, 0.3) is 0 Å². The van der Waals surface area contributed by atoms with Gasteiger partial charge in [-0.2, -0.15) is 0 Å². The van der Waals surface area contributed by atoms with E-state index in [-0.39, 0.29) is 5.54 Å². The molecule has 8 heavy (non-hydrogen) atoms. The van der Waals surface area contributed by atoms with Crippen LogP contribution in [0.3, 0.4) is 0 Å². The van der Waals surface area contributed by atoms with Crippen LogP contribution in [0.5, 0.6) is 0 Å². The van der Waals surface area contributed by atoms with E-state index in [4.69, 9.17) is 0 Å². The van der Waals surface area contributed by atoms with E-state index in [1.807, 2.05) is 0 Å². The lowest BCUT2D eigenvalue weighted by Gasteiger charge is -2.19. The summed E-state index contributed by atoms with van der Waals surface area (Å²) in [6.07, 6.45) is 0.970. The van der Waals surface area contributed by atoms with Crippen molar-refractivity contribution in [1.29, 1.82) is 0 Å². The Hall–Kier alpha value is -0.0400. The summed E-state index contributed by atoms with van der Waals surface area (Å²) in [5, 5.41) is 3.31. The van der Waals surface area contributed by atoms with Crippen molar-refractivity contribution in [3.05, 3.63) is 6.92 Å². The van der Waals surface area contributed by atoms with E-state index in [1.165, 1.54) is 0 Å². The molecule has 1 N–H and O–H groups in total. The second-order valence-electron chi connectivity index (χ2n) is 3.03. The van der Waals surface area contributed by atoms with Gasteiger partial charge in [-0.3, -0.25) is 0 Å². The van der Waals surface area contributed by atoms with Gasteiger partial charge in [0.2, 0.25) is 0 Å². The molecule has 1 radical (unpaired) electrons. The lowest BCUT2D eigenvalue weighted by Crippen LogP contribution is -2.36. The number of hydrogen-bond donors (Lipinski definition) is 1. The van der Waals surface area contributed by atoms with Crippen molar-refractivity contribution in [3.8, 4) is 0 Å². The Morgan fingerprint density at radius 1 is 1.38 bits per heavy atom. The van der Waals surface area contributed by atoms with Crippen LogP contribution in [0.2, 0.25) is 0 Å². The molecule has 1 nitrogen and oxygen atoms in total. The second kappa shape index (κ2) is 3.08. The third-order valence-electron chi connectivity index (χ3n) is 0.832. The summed E-state index contributed by atoms with van der Waals surface area (Å²) >= 11 is 0. The van der Waals surface area contributed by atoms with Gasteiger partial charge in [0.1, 0.15) is 0 Å². The Morgan fingerprint density at radius 2 is 1.88 bits per heavy atom. The number of nitrogens with one attached hydrogen (secondary N) is 1. The zero-order valence-corrected chi connectivity index (χ0v) is 6.12. The molecule has 0 aromatic carbocycles. The summed E-state index contributed by atoms with van der Waals surface area (Å²) < 4.78 is 0. The summed E-state index contributed by atoms with van der Waals surface area (Å²) in [4.78, 5) is 0. The minimum atomic E-state index is 0.262. The Morgan fingerprint density at radius 3 is 2.00 bits per heavy atom. The minimum absolute atomic E-state index is 0.262. The fourth-order valence-electron chi connectivity index (χ4n) is 0.463. The highest BCUT2D eigenvalue weighted by molar-refractivity contribution is 4.69. The first-order valence-corrected chi connectivity index (χ1v) is 3.10. The van der Waals surface area contributed by atoms with Gasteiger partial charge >= 0.3 is 0 Å². The fourth-order valence-corrected chi connectivity index (χ4v) is 0.463. The first-order valence-electron chi connectivity index (χ1n) is 3.10. The van der Waals surface area contributed by atoms with E-state index in [2.05, 4.69) is 33.0 Å². The molecule has 0 saturated carbocycles. The molecule has 0 saturated heterocycles. The van der Waals surface area contributed by atoms with Gasteiger partial charge < -0.3 is 5.32 Å². The van der Waals surface area contributed by atoms with Gasteiger partial charge in [-0.25, -0.2) is 0 Å². The second-order valence-corrected chi connectivity index (χ2v) is 3.03. The topological polar surface area (TPSA) is 12.0 Å². The molecule has 0 fully saturated rings. The normalized spacial score (nSPS) is 12.0. The highest BCUT2D eigenvalue weighted by Gasteiger charge is 2.05. The van der Waals surface area contributed by atoms with Crippen molar-refractivity contribution in [3.63, 3.8) is 0 Å². The Labute approximate surface area is 52.5 Å². The molecule has 0 atom stereocenters. The SMILES string of the molecule is [CH2]CCNC(C)(C)C. The molecule has 0 aromatic rings. The quantitative estimate of drug-likeness (QED) is 0.575. The van der Waals surface area contributed by atoms with Gasteiger partial charge in [0, 0.05) is 5.54 Å². The zero-order valence-electron chi connectivity index (χ0n) is 6.12. The Kier molecular flexibility index (Phi) is 3.06. The standard InChI is InChI=1S/C7H16N/c1-5-6-8-7(2,3)4/h8H,1,5-6H2,2-4H3. The molecular formula is C7H16N. The highest BCUT2D eigenvalue weighted by atomic mass is 14.9. The van der Waals surface area contributed by atoms with Gasteiger partial charge in [-0.1, -0.05) is 6.92 Å². The molecule has 0 aromatic heterocycles. The molecular weight excluding hydrogens is 98.1 g/mol. The molecule has 0 amide bonds. The van der Waals surface area contributed by atoms with Gasteiger partial charge in [0.05, 0.1) is 0 Å². The minimum Gasteiger partial charge on any atom is -0.312 e. The largest absolute Gasteiger partial charge is 0.312 e. The van der Waals surface area contributed by atoms with Crippen molar-refractivity contribution in [2.75, 3.05) is 6.54 Å². The molecule has 0 aliphatic carbocycles. The predicted octanol–water partition coefficient (Wildman–Crippen LogP) is 1.60. The van der Waals surface area contributed by atoms with E-state index in [9.17, 15) is 0 Å². The molecule has 0 aliphatic heterocycles. The van der Waals surface area contributed by atoms with E-state index < -0.39 is 0 Å². The summed E-state index contributed by atoms with van der Waals surface area (Å²) in [6.45, 7) is 11.2. The van der Waals surface area contributed by atoms with Crippen LogP contribution in [0, 0.1) is 6.92 Å². The molecule has 49 valence electrons. The summed E-state index contributed by atoms with van der Waals surface area (Å²) in [5.41, 5.74) is 0.262. The summed E-state index contributed by atoms with van der Waals surface area (Å²) in [5.74, 6) is 0. The average molecular weight is 114 g/mol. The first kappa shape index (κ1) is 7.96. The number of rotatable bonds is 2. The van der Waals surface area contributed by atoms with Gasteiger partial charge in [-0.15, -0.1) is 0 Å². The monoisotopic (exact) mass is 114 g/mol. The molecule has 0 spiro atoms. The third kappa shape index (κ3) is 5.96. The van der Waals surface area contributed by atoms with Crippen LogP contribution < -0.4 is 5.32 Å². The molecule has 1 heteroatoms. The van der Waals surface area contributed by atoms with Crippen LogP contribution in [-0.4, -0.2) is 12.1 Å². The third-order valence-corrected chi connectivity index (χ3v) is 0.832. The molecule has 0 unspecified atom stereocenters.